The largest absolute Gasteiger partial charge is 0.220 e. The van der Waals surface area contributed by atoms with E-state index < -0.39 is 0 Å². The van der Waals surface area contributed by atoms with Crippen LogP contribution in [0.1, 0.15) is 0 Å². The van der Waals surface area contributed by atoms with Gasteiger partial charge in [0.25, 0.3) is 0 Å². The Hall–Kier alpha value is -2.67. The van der Waals surface area contributed by atoms with Gasteiger partial charge in [0.1, 0.15) is 7.05 Å². The minimum absolute atomic E-state index is 1.25. The average molecular weight is 270 g/mol. The van der Waals surface area contributed by atoms with Gasteiger partial charge in [-0.15, -0.1) is 0 Å². The highest BCUT2D eigenvalue weighted by molar-refractivity contribution is 6.08. The first-order valence-electron chi connectivity index (χ1n) is 7.21. The van der Waals surface area contributed by atoms with Crippen LogP contribution < -0.4 is 4.57 Å². The van der Waals surface area contributed by atoms with Crippen LogP contribution >= 0.6 is 0 Å². The first-order chi connectivity index (χ1) is 10.4. The molecule has 0 N–H and O–H groups in total. The number of hydrogen-bond acceptors (Lipinski definition) is 0. The Bertz CT molecular complexity index is 940. The van der Waals surface area contributed by atoms with Crippen LogP contribution in [0.5, 0.6) is 0 Å². The fourth-order valence-electron chi connectivity index (χ4n) is 3.16. The molecule has 0 aliphatic rings. The fourth-order valence-corrected chi connectivity index (χ4v) is 3.16. The quantitative estimate of drug-likeness (QED) is 0.354. The lowest BCUT2D eigenvalue weighted by molar-refractivity contribution is -0.632. The minimum atomic E-state index is 1.25. The molecule has 3 aromatic carbocycles. The summed E-state index contributed by atoms with van der Waals surface area (Å²) in [6, 6.07) is 27.9. The normalized spacial score (nSPS) is 11.1. The molecule has 1 aromatic heterocycles. The summed E-state index contributed by atoms with van der Waals surface area (Å²) in [5.41, 5.74) is 3.78. The molecule has 0 saturated carbocycles. The maximum Gasteiger partial charge on any atom is 0.220 e. The zero-order valence-electron chi connectivity index (χ0n) is 12.0. The van der Waals surface area contributed by atoms with E-state index in [-0.39, 0.29) is 0 Å². The molecule has 0 saturated heterocycles. The van der Waals surface area contributed by atoms with Gasteiger partial charge in [0.05, 0.1) is 10.8 Å². The van der Waals surface area contributed by atoms with Crippen LogP contribution in [-0.2, 0) is 7.05 Å². The van der Waals surface area contributed by atoms with E-state index in [2.05, 4.69) is 90.5 Å². The van der Waals surface area contributed by atoms with Crippen molar-refractivity contribution < 1.29 is 4.57 Å². The Morgan fingerprint density at radius 2 is 1.14 bits per heavy atom. The zero-order chi connectivity index (χ0) is 14.2. The molecule has 1 heterocycles. The van der Waals surface area contributed by atoms with Crippen molar-refractivity contribution in [3.63, 3.8) is 0 Å². The van der Waals surface area contributed by atoms with Crippen molar-refractivity contribution in [2.45, 2.75) is 0 Å². The monoisotopic (exact) mass is 270 g/mol. The average Bonchev–Trinajstić information content (AvgIpc) is 2.56. The topological polar surface area (TPSA) is 3.88 Å². The summed E-state index contributed by atoms with van der Waals surface area (Å²) >= 11 is 0. The van der Waals surface area contributed by atoms with Crippen molar-refractivity contribution >= 4 is 21.7 Å². The van der Waals surface area contributed by atoms with E-state index in [1.54, 1.807) is 0 Å². The van der Waals surface area contributed by atoms with Gasteiger partial charge in [-0.25, -0.2) is 0 Å². The molecule has 21 heavy (non-hydrogen) atoms. The maximum atomic E-state index is 2.30. The van der Waals surface area contributed by atoms with Gasteiger partial charge in [-0.1, -0.05) is 48.5 Å². The second kappa shape index (κ2) is 4.71. The number of hydrogen-bond donors (Lipinski definition) is 0. The van der Waals surface area contributed by atoms with E-state index in [4.69, 9.17) is 0 Å². The lowest BCUT2D eigenvalue weighted by Crippen LogP contribution is -2.32. The number of fused-ring (bicyclic) bond motifs is 3. The van der Waals surface area contributed by atoms with Crippen LogP contribution in [0, 0.1) is 0 Å². The van der Waals surface area contributed by atoms with Crippen molar-refractivity contribution in [2.24, 2.45) is 7.05 Å². The van der Waals surface area contributed by atoms with Gasteiger partial charge in [-0.2, -0.15) is 4.57 Å². The molecule has 4 aromatic rings. The predicted molar refractivity (Wildman–Crippen MR) is 88.1 cm³/mol. The van der Waals surface area contributed by atoms with E-state index in [1.165, 1.54) is 32.9 Å². The molecular formula is C20H16N+. The summed E-state index contributed by atoms with van der Waals surface area (Å²) < 4.78 is 2.30. The van der Waals surface area contributed by atoms with Crippen LogP contribution in [0.15, 0.2) is 78.9 Å². The first-order valence-corrected chi connectivity index (χ1v) is 7.21. The molecule has 0 spiro atoms. The predicted octanol–water partition coefficient (Wildman–Crippen LogP) is 4.48. The van der Waals surface area contributed by atoms with Crippen molar-refractivity contribution in [3.8, 4) is 11.3 Å². The lowest BCUT2D eigenvalue weighted by atomic mass is 9.99. The van der Waals surface area contributed by atoms with Gasteiger partial charge in [0, 0.05) is 17.0 Å². The molecule has 0 bridgehead atoms. The zero-order valence-corrected chi connectivity index (χ0v) is 12.0. The van der Waals surface area contributed by atoms with Gasteiger partial charge in [-0.05, 0) is 24.3 Å². The highest BCUT2D eigenvalue weighted by Gasteiger charge is 2.19. The molecule has 0 aliphatic carbocycles. The number of aryl methyl sites for hydroxylation is 1. The van der Waals surface area contributed by atoms with E-state index in [0.717, 1.165) is 0 Å². The maximum absolute atomic E-state index is 2.30. The summed E-state index contributed by atoms with van der Waals surface area (Å²) in [6.45, 7) is 0. The Kier molecular flexibility index (Phi) is 2.71. The van der Waals surface area contributed by atoms with Crippen molar-refractivity contribution in [1.29, 1.82) is 0 Å². The number of benzene rings is 3. The third-order valence-corrected chi connectivity index (χ3v) is 4.12. The van der Waals surface area contributed by atoms with Crippen LogP contribution in [0.25, 0.3) is 32.9 Å². The van der Waals surface area contributed by atoms with Crippen molar-refractivity contribution in [1.82, 2.24) is 0 Å². The SMILES string of the molecule is C[n+]1c(-c2ccccc2)c2ccccc2c2ccccc21. The summed E-state index contributed by atoms with van der Waals surface area (Å²) in [4.78, 5) is 0. The molecule has 0 amide bonds. The van der Waals surface area contributed by atoms with Crippen LogP contribution in [0.2, 0.25) is 0 Å². The summed E-state index contributed by atoms with van der Waals surface area (Å²) in [5.74, 6) is 0. The molecule has 0 unspecified atom stereocenters. The number of nitrogens with zero attached hydrogens (tertiary/aromatic N) is 1. The first kappa shape index (κ1) is 12.1. The van der Waals surface area contributed by atoms with E-state index >= 15 is 0 Å². The van der Waals surface area contributed by atoms with Gasteiger partial charge in [-0.3, -0.25) is 0 Å². The highest BCUT2D eigenvalue weighted by atomic mass is 14.9. The lowest BCUT2D eigenvalue weighted by Gasteiger charge is -2.09. The number of aromatic nitrogens is 1. The van der Waals surface area contributed by atoms with Crippen molar-refractivity contribution in [3.05, 3.63) is 78.9 Å². The van der Waals surface area contributed by atoms with Gasteiger partial charge in [0.2, 0.25) is 11.2 Å². The van der Waals surface area contributed by atoms with Gasteiger partial charge < -0.3 is 0 Å². The third kappa shape index (κ3) is 1.82. The Labute approximate surface area is 124 Å². The number of para-hydroxylation sites is 1. The molecule has 0 radical (unpaired) electrons. The molecule has 0 aliphatic heterocycles. The van der Waals surface area contributed by atoms with Crippen LogP contribution in [0.4, 0.5) is 0 Å². The minimum Gasteiger partial charge on any atom is -0.194 e. The summed E-state index contributed by atoms with van der Waals surface area (Å²) in [5, 5.41) is 3.91. The second-order valence-electron chi connectivity index (χ2n) is 5.34. The number of rotatable bonds is 1. The smallest absolute Gasteiger partial charge is 0.194 e. The molecule has 1 heteroatoms. The summed E-state index contributed by atoms with van der Waals surface area (Å²) in [6.07, 6.45) is 0. The molecule has 0 atom stereocenters. The highest BCUT2D eigenvalue weighted by Crippen LogP contribution is 2.30. The standard InChI is InChI=1S/C20H16N/c1-21-19-14-8-7-12-17(19)16-11-5-6-13-18(16)20(21)15-9-3-2-4-10-15/h2-14H,1H3/q+1. The molecular weight excluding hydrogens is 254 g/mol. The number of pyridine rings is 1. The fraction of sp³-hybridized carbons (Fsp3) is 0.0500. The molecule has 0 fully saturated rings. The van der Waals surface area contributed by atoms with E-state index in [9.17, 15) is 0 Å². The Balaban J connectivity index is 2.26. The molecule has 1 nitrogen and oxygen atoms in total. The van der Waals surface area contributed by atoms with E-state index in [0.29, 0.717) is 0 Å². The molecule has 4 rings (SSSR count). The molecule has 100 valence electrons. The van der Waals surface area contributed by atoms with Crippen LogP contribution in [-0.4, -0.2) is 0 Å². The van der Waals surface area contributed by atoms with E-state index in [1.807, 2.05) is 0 Å². The second-order valence-corrected chi connectivity index (χ2v) is 5.34. The van der Waals surface area contributed by atoms with Crippen molar-refractivity contribution in [2.75, 3.05) is 0 Å². The van der Waals surface area contributed by atoms with Crippen LogP contribution in [0.3, 0.4) is 0 Å². The summed E-state index contributed by atoms with van der Waals surface area (Å²) in [7, 11) is 2.15. The van der Waals surface area contributed by atoms with Gasteiger partial charge in [0.15, 0.2) is 0 Å². The van der Waals surface area contributed by atoms with Gasteiger partial charge >= 0.3 is 0 Å². The Morgan fingerprint density at radius 1 is 0.571 bits per heavy atom. The Morgan fingerprint density at radius 3 is 1.90 bits per heavy atom. The third-order valence-electron chi connectivity index (χ3n) is 4.12.